The molecule has 0 aliphatic heterocycles. The van der Waals surface area contributed by atoms with Gasteiger partial charge in [0.2, 0.25) is 0 Å². The molecule has 0 saturated carbocycles. The first kappa shape index (κ1) is 34.7. The molecule has 0 N–H and O–H groups in total. The summed E-state index contributed by atoms with van der Waals surface area (Å²) in [5, 5.41) is 1.05. The largest absolute Gasteiger partial charge is 0.0654 e. The lowest BCUT2D eigenvalue weighted by atomic mass is 10.1. The van der Waals surface area contributed by atoms with Crippen LogP contribution in [0.4, 0.5) is 0 Å². The Hall–Kier alpha value is -0.346. The van der Waals surface area contributed by atoms with Gasteiger partial charge in [-0.3, -0.25) is 0 Å². The molecule has 0 aliphatic rings. The Kier molecular flexibility index (Phi) is 26.9. The van der Waals surface area contributed by atoms with Crippen molar-refractivity contribution in [3.63, 3.8) is 0 Å². The summed E-state index contributed by atoms with van der Waals surface area (Å²) in [6.45, 7) is 4.63. The van der Waals surface area contributed by atoms with Crippen molar-refractivity contribution in [3.05, 3.63) is 35.9 Å². The first-order valence-corrected chi connectivity index (χ1v) is 19.4. The van der Waals surface area contributed by atoms with Crippen LogP contribution in [-0.2, 0) is 6.42 Å². The van der Waals surface area contributed by atoms with Gasteiger partial charge in [0.05, 0.1) is 0 Å². The molecule has 0 atom stereocenters. The molecule has 0 bridgehead atoms. The Bertz CT molecular complexity index is 517. The second-order valence-corrected chi connectivity index (χ2v) is 15.3. The topological polar surface area (TPSA) is 0 Å². The normalized spacial score (nSPS) is 11.5. The molecule has 212 valence electrons. The van der Waals surface area contributed by atoms with Gasteiger partial charge in [-0.05, 0) is 18.4 Å². The van der Waals surface area contributed by atoms with E-state index in [1.54, 1.807) is 0 Å². The van der Waals surface area contributed by atoms with Crippen molar-refractivity contribution in [2.75, 3.05) is 0 Å². The van der Waals surface area contributed by atoms with Crippen molar-refractivity contribution in [2.24, 2.45) is 0 Å². The van der Waals surface area contributed by atoms with Crippen LogP contribution in [0.25, 0.3) is 0 Å². The lowest BCUT2D eigenvalue weighted by molar-refractivity contribution is 0.561. The van der Waals surface area contributed by atoms with Gasteiger partial charge < -0.3 is 0 Å². The van der Waals surface area contributed by atoms with Gasteiger partial charge in [-0.2, -0.15) is 0 Å². The van der Waals surface area contributed by atoms with Gasteiger partial charge in [-0.15, -0.1) is 0 Å². The van der Waals surface area contributed by atoms with Gasteiger partial charge in [0, 0.05) is 19.0 Å². The van der Waals surface area contributed by atoms with Crippen LogP contribution < -0.4 is 0 Å². The second kappa shape index (κ2) is 28.7. The maximum absolute atomic E-state index is 2.31. The van der Waals surface area contributed by atoms with Crippen LogP contribution in [0.15, 0.2) is 30.3 Å². The van der Waals surface area contributed by atoms with Crippen LogP contribution in [0.1, 0.15) is 167 Å². The van der Waals surface area contributed by atoms with E-state index in [2.05, 4.69) is 44.2 Å². The Labute approximate surface area is 239 Å². The highest BCUT2D eigenvalue weighted by atomic mass is 28.3. The average molecular weight is 541 g/mol. The molecule has 0 nitrogen and oxygen atoms in total. The monoisotopic (exact) mass is 540 g/mol. The van der Waals surface area contributed by atoms with Gasteiger partial charge in [0.15, 0.2) is 0 Å². The quantitative estimate of drug-likeness (QED) is 0.0700. The maximum atomic E-state index is 2.31. The molecule has 2 heteroatoms. The third kappa shape index (κ3) is 24.4. The summed E-state index contributed by atoms with van der Waals surface area (Å²) in [6.07, 6.45) is 34.9. The van der Waals surface area contributed by atoms with Gasteiger partial charge in [0.25, 0.3) is 0 Å². The molecule has 4 radical (unpaired) electrons. The number of hydrogen-bond acceptors (Lipinski definition) is 0. The lowest BCUT2D eigenvalue weighted by Crippen LogP contribution is -2.12. The molecule has 1 aromatic carbocycles. The highest BCUT2D eigenvalue weighted by Crippen LogP contribution is 2.20. The van der Waals surface area contributed by atoms with Crippen molar-refractivity contribution in [2.45, 2.75) is 185 Å². The molecule has 0 spiro atoms. The standard InChI is InChI=1S/C35H64Si2/c1-3-5-7-9-11-13-15-17-19-26-32-36-35(31-25-24-30-34-28-22-21-23-29-34)37-33-27-20-18-16-14-12-10-8-6-4-2/h21-23,28-29,35H,3-20,24-27,30-33H2,1-2H3. The lowest BCUT2D eigenvalue weighted by Gasteiger charge is -2.15. The van der Waals surface area contributed by atoms with Crippen molar-refractivity contribution < 1.29 is 0 Å². The second-order valence-electron chi connectivity index (χ2n) is 11.6. The van der Waals surface area contributed by atoms with Crippen molar-refractivity contribution in [1.29, 1.82) is 0 Å². The maximum Gasteiger partial charge on any atom is 0.0378 e. The van der Waals surface area contributed by atoms with E-state index in [1.165, 1.54) is 191 Å². The fourth-order valence-corrected chi connectivity index (χ4v) is 9.24. The summed E-state index contributed by atoms with van der Waals surface area (Å²) in [5.41, 5.74) is 1.53. The van der Waals surface area contributed by atoms with E-state index in [9.17, 15) is 0 Å². The molecular formula is C35H64Si2. The Morgan fingerprint density at radius 3 is 1.30 bits per heavy atom. The van der Waals surface area contributed by atoms with Crippen molar-refractivity contribution in [1.82, 2.24) is 0 Å². The average Bonchev–Trinajstić information content (AvgIpc) is 2.92. The highest BCUT2D eigenvalue weighted by Gasteiger charge is 2.10. The molecule has 1 aromatic rings. The van der Waals surface area contributed by atoms with Crippen LogP contribution in [0.5, 0.6) is 0 Å². The summed E-state index contributed by atoms with van der Waals surface area (Å²) < 4.78 is 0. The summed E-state index contributed by atoms with van der Waals surface area (Å²) in [4.78, 5) is 0. The van der Waals surface area contributed by atoms with Gasteiger partial charge in [-0.25, -0.2) is 0 Å². The first-order valence-electron chi connectivity index (χ1n) is 16.9. The molecule has 0 heterocycles. The van der Waals surface area contributed by atoms with Crippen LogP contribution in [0.2, 0.25) is 17.3 Å². The molecule has 0 aromatic heterocycles. The molecule has 0 aliphatic carbocycles. The SMILES string of the molecule is CCCCCCCCCCCC[Si]C(CCCCc1ccccc1)[Si]CCCCCCCCCCCC. The van der Waals surface area contributed by atoms with Gasteiger partial charge in [-0.1, -0.05) is 203 Å². The van der Waals surface area contributed by atoms with Gasteiger partial charge in [0.1, 0.15) is 0 Å². The van der Waals surface area contributed by atoms with E-state index in [-0.39, 0.29) is 0 Å². The number of benzene rings is 1. The highest BCUT2D eigenvalue weighted by molar-refractivity contribution is 6.58. The van der Waals surface area contributed by atoms with E-state index < -0.39 is 0 Å². The van der Waals surface area contributed by atoms with Crippen LogP contribution in [0.3, 0.4) is 0 Å². The summed E-state index contributed by atoms with van der Waals surface area (Å²) >= 11 is 0. The predicted octanol–water partition coefficient (Wildman–Crippen LogP) is 12.2. The van der Waals surface area contributed by atoms with Crippen molar-refractivity contribution in [3.8, 4) is 0 Å². The summed E-state index contributed by atoms with van der Waals surface area (Å²) in [5.74, 6) is 0. The molecule has 1 rings (SSSR count). The third-order valence-corrected chi connectivity index (χ3v) is 12.0. The van der Waals surface area contributed by atoms with E-state index in [0.717, 1.165) is 5.16 Å². The Morgan fingerprint density at radius 2 is 0.865 bits per heavy atom. The first-order chi connectivity index (χ1) is 18.4. The Morgan fingerprint density at radius 1 is 0.459 bits per heavy atom. The predicted molar refractivity (Wildman–Crippen MR) is 173 cm³/mol. The number of rotatable bonds is 29. The molecule has 0 unspecified atom stereocenters. The number of hydrogen-bond donors (Lipinski definition) is 0. The fraction of sp³-hybridized carbons (Fsp3) is 0.829. The van der Waals surface area contributed by atoms with E-state index in [1.807, 2.05) is 0 Å². The zero-order valence-electron chi connectivity index (χ0n) is 25.3. The molecule has 0 fully saturated rings. The minimum Gasteiger partial charge on any atom is -0.0654 e. The smallest absolute Gasteiger partial charge is 0.0378 e. The summed E-state index contributed by atoms with van der Waals surface area (Å²) in [6, 6.07) is 14.2. The van der Waals surface area contributed by atoms with Crippen LogP contribution in [-0.4, -0.2) is 19.0 Å². The van der Waals surface area contributed by atoms with E-state index >= 15 is 0 Å². The molecular weight excluding hydrogens is 477 g/mol. The Balaban J connectivity index is 2.11. The third-order valence-electron chi connectivity index (χ3n) is 7.89. The minimum absolute atomic E-state index is 1.05. The van der Waals surface area contributed by atoms with E-state index in [0.29, 0.717) is 0 Å². The van der Waals surface area contributed by atoms with Gasteiger partial charge >= 0.3 is 0 Å². The van der Waals surface area contributed by atoms with Crippen LogP contribution >= 0.6 is 0 Å². The van der Waals surface area contributed by atoms with Crippen molar-refractivity contribution >= 4 is 19.0 Å². The fourth-order valence-electron chi connectivity index (χ4n) is 5.38. The molecule has 0 amide bonds. The number of aryl methyl sites for hydroxylation is 1. The minimum atomic E-state index is 1.05. The zero-order valence-corrected chi connectivity index (χ0v) is 27.3. The zero-order chi connectivity index (χ0) is 26.5. The molecule has 0 saturated heterocycles. The van der Waals surface area contributed by atoms with E-state index in [4.69, 9.17) is 0 Å². The molecule has 37 heavy (non-hydrogen) atoms. The number of unbranched alkanes of at least 4 members (excludes halogenated alkanes) is 19. The van der Waals surface area contributed by atoms with Crippen LogP contribution in [0, 0.1) is 0 Å². The summed E-state index contributed by atoms with van der Waals surface area (Å²) in [7, 11) is 2.47.